The van der Waals surface area contributed by atoms with Crippen LogP contribution in [0, 0.1) is 11.7 Å². The molecule has 0 saturated heterocycles. The van der Waals surface area contributed by atoms with Gasteiger partial charge >= 0.3 is 0 Å². The minimum Gasteiger partial charge on any atom is -0.393 e. The van der Waals surface area contributed by atoms with Crippen LogP contribution in [0.2, 0.25) is 0 Å². The lowest BCUT2D eigenvalue weighted by molar-refractivity contribution is 0.0924. The molecule has 30 heavy (non-hydrogen) atoms. The van der Waals surface area contributed by atoms with E-state index in [-0.39, 0.29) is 35.0 Å². The van der Waals surface area contributed by atoms with Gasteiger partial charge in [0.15, 0.2) is 5.78 Å². The van der Waals surface area contributed by atoms with Gasteiger partial charge in [0.05, 0.1) is 11.8 Å². The molecule has 0 radical (unpaired) electrons. The molecule has 0 bridgehead atoms. The Kier molecular flexibility index (Phi) is 6.06. The third kappa shape index (κ3) is 4.34. The SMILES string of the molecule is CCC(C)C(=O)c1ccc(C2CCC(O)C2)nc1C1(CCc2cccc(F)c2)CC1. The summed E-state index contributed by atoms with van der Waals surface area (Å²) in [5.74, 6) is 0.217. The van der Waals surface area contributed by atoms with Crippen LogP contribution in [0.1, 0.15) is 92.0 Å². The molecule has 4 heteroatoms. The Bertz CT molecular complexity index is 921. The van der Waals surface area contributed by atoms with Crippen molar-refractivity contribution >= 4 is 5.78 Å². The number of halogens is 1. The predicted molar refractivity (Wildman–Crippen MR) is 116 cm³/mol. The first-order chi connectivity index (χ1) is 14.4. The molecular formula is C26H32FNO2. The minimum atomic E-state index is -0.246. The van der Waals surface area contributed by atoms with Crippen molar-refractivity contribution in [1.29, 1.82) is 0 Å². The van der Waals surface area contributed by atoms with Gasteiger partial charge in [0.25, 0.3) is 0 Å². The monoisotopic (exact) mass is 409 g/mol. The number of Topliss-reactive ketones (excluding diaryl/α,β-unsaturated/α-hetero) is 1. The van der Waals surface area contributed by atoms with Crippen molar-refractivity contribution in [2.75, 3.05) is 0 Å². The molecule has 3 unspecified atom stereocenters. The largest absolute Gasteiger partial charge is 0.393 e. The summed E-state index contributed by atoms with van der Waals surface area (Å²) < 4.78 is 13.6. The third-order valence-corrected chi connectivity index (χ3v) is 7.20. The summed E-state index contributed by atoms with van der Waals surface area (Å²) in [6.07, 6.45) is 6.78. The van der Waals surface area contributed by atoms with Crippen molar-refractivity contribution < 1.29 is 14.3 Å². The average Bonchev–Trinajstić information content (AvgIpc) is 3.43. The molecule has 2 aliphatic carbocycles. The lowest BCUT2D eigenvalue weighted by Gasteiger charge is -2.22. The number of hydrogen-bond donors (Lipinski definition) is 1. The smallest absolute Gasteiger partial charge is 0.167 e. The number of hydrogen-bond acceptors (Lipinski definition) is 3. The van der Waals surface area contributed by atoms with Gasteiger partial charge in [-0.1, -0.05) is 26.0 Å². The molecule has 1 heterocycles. The lowest BCUT2D eigenvalue weighted by atomic mass is 9.85. The van der Waals surface area contributed by atoms with Gasteiger partial charge in [0.2, 0.25) is 0 Å². The van der Waals surface area contributed by atoms with Crippen LogP contribution in [0.15, 0.2) is 36.4 Å². The number of aryl methyl sites for hydroxylation is 1. The summed E-state index contributed by atoms with van der Waals surface area (Å²) in [6, 6.07) is 10.8. The first-order valence-electron chi connectivity index (χ1n) is 11.4. The second-order valence-corrected chi connectivity index (χ2v) is 9.38. The summed E-state index contributed by atoms with van der Waals surface area (Å²) in [5.41, 5.74) is 3.63. The number of aliphatic hydroxyl groups is 1. The Morgan fingerprint density at radius 2 is 2.07 bits per heavy atom. The lowest BCUT2D eigenvalue weighted by Crippen LogP contribution is -2.21. The Morgan fingerprint density at radius 1 is 1.27 bits per heavy atom. The molecule has 1 N–H and O–H groups in total. The summed E-state index contributed by atoms with van der Waals surface area (Å²) in [7, 11) is 0. The fourth-order valence-corrected chi connectivity index (χ4v) is 4.81. The standard InChI is InChI=1S/C26H32FNO2/c1-3-17(2)24(30)22-9-10-23(19-7-8-21(29)16-19)28-25(22)26(13-14-26)12-11-18-5-4-6-20(27)15-18/h4-6,9-10,15,17,19,21,29H,3,7-8,11-14,16H2,1-2H3. The topological polar surface area (TPSA) is 50.2 Å². The van der Waals surface area contributed by atoms with Gasteiger partial charge in [0.1, 0.15) is 5.82 Å². The highest BCUT2D eigenvalue weighted by Gasteiger charge is 2.47. The molecule has 0 spiro atoms. The summed E-state index contributed by atoms with van der Waals surface area (Å²) >= 11 is 0. The van der Waals surface area contributed by atoms with E-state index >= 15 is 0 Å². The summed E-state index contributed by atoms with van der Waals surface area (Å²) in [6.45, 7) is 4.03. The van der Waals surface area contributed by atoms with E-state index in [1.54, 1.807) is 12.1 Å². The highest BCUT2D eigenvalue weighted by Crippen LogP contribution is 2.52. The number of benzene rings is 1. The maximum absolute atomic E-state index is 13.6. The molecule has 0 amide bonds. The molecule has 1 aromatic heterocycles. The van der Waals surface area contributed by atoms with Crippen molar-refractivity contribution in [2.24, 2.45) is 5.92 Å². The number of pyridine rings is 1. The van der Waals surface area contributed by atoms with Gasteiger partial charge < -0.3 is 5.11 Å². The molecule has 1 aromatic carbocycles. The molecule has 3 nitrogen and oxygen atoms in total. The normalized spacial score (nSPS) is 23.3. The Hall–Kier alpha value is -2.07. The number of ketones is 1. The molecule has 3 atom stereocenters. The van der Waals surface area contributed by atoms with E-state index in [0.29, 0.717) is 0 Å². The number of aromatic nitrogens is 1. The van der Waals surface area contributed by atoms with E-state index in [2.05, 4.69) is 0 Å². The molecule has 2 saturated carbocycles. The predicted octanol–water partition coefficient (Wildman–Crippen LogP) is 5.74. The number of nitrogens with zero attached hydrogens (tertiary/aromatic N) is 1. The van der Waals surface area contributed by atoms with Crippen molar-refractivity contribution in [2.45, 2.75) is 82.7 Å². The van der Waals surface area contributed by atoms with Crippen LogP contribution in [0.25, 0.3) is 0 Å². The van der Waals surface area contributed by atoms with E-state index in [1.807, 2.05) is 32.0 Å². The second-order valence-electron chi connectivity index (χ2n) is 9.38. The molecule has 0 aliphatic heterocycles. The Labute approximate surface area is 178 Å². The minimum absolute atomic E-state index is 0.0243. The zero-order valence-electron chi connectivity index (χ0n) is 18.0. The first-order valence-corrected chi connectivity index (χ1v) is 11.4. The Morgan fingerprint density at radius 3 is 2.70 bits per heavy atom. The van der Waals surface area contributed by atoms with E-state index in [1.165, 1.54) is 6.07 Å². The molecule has 2 fully saturated rings. The van der Waals surface area contributed by atoms with Gasteiger partial charge in [0, 0.05) is 28.5 Å². The van der Waals surface area contributed by atoms with Crippen molar-refractivity contribution in [3.05, 3.63) is 64.7 Å². The van der Waals surface area contributed by atoms with Crippen molar-refractivity contribution in [1.82, 2.24) is 4.98 Å². The number of aliphatic hydroxyl groups excluding tert-OH is 1. The molecule has 4 rings (SSSR count). The van der Waals surface area contributed by atoms with Crippen LogP contribution >= 0.6 is 0 Å². The van der Waals surface area contributed by atoms with E-state index in [9.17, 15) is 14.3 Å². The first kappa shape index (κ1) is 21.2. The van der Waals surface area contributed by atoms with Gasteiger partial charge in [-0.25, -0.2) is 4.39 Å². The number of carbonyl (C=O) groups is 1. The van der Waals surface area contributed by atoms with Crippen LogP contribution < -0.4 is 0 Å². The zero-order chi connectivity index (χ0) is 21.3. The van der Waals surface area contributed by atoms with Gasteiger partial charge in [-0.15, -0.1) is 0 Å². The van der Waals surface area contributed by atoms with Gasteiger partial charge in [-0.2, -0.15) is 0 Å². The number of rotatable bonds is 8. The second kappa shape index (κ2) is 8.58. The third-order valence-electron chi connectivity index (χ3n) is 7.20. The highest BCUT2D eigenvalue weighted by molar-refractivity contribution is 5.99. The highest BCUT2D eigenvalue weighted by atomic mass is 19.1. The van der Waals surface area contributed by atoms with Crippen LogP contribution in [-0.2, 0) is 11.8 Å². The van der Waals surface area contributed by atoms with Gasteiger partial charge in [-0.3, -0.25) is 9.78 Å². The molecule has 160 valence electrons. The summed E-state index contributed by atoms with van der Waals surface area (Å²) in [4.78, 5) is 18.2. The molecular weight excluding hydrogens is 377 g/mol. The average molecular weight is 410 g/mol. The fraction of sp³-hybridized carbons (Fsp3) is 0.538. The Balaban J connectivity index is 1.65. The molecule has 2 aliphatic rings. The van der Waals surface area contributed by atoms with Gasteiger partial charge in [-0.05, 0) is 81.2 Å². The van der Waals surface area contributed by atoms with Crippen LogP contribution in [-0.4, -0.2) is 22.0 Å². The maximum Gasteiger partial charge on any atom is 0.167 e. The number of carbonyl (C=O) groups excluding carboxylic acids is 1. The maximum atomic E-state index is 13.6. The van der Waals surface area contributed by atoms with Crippen LogP contribution in [0.3, 0.4) is 0 Å². The van der Waals surface area contributed by atoms with E-state index in [0.717, 1.165) is 73.9 Å². The summed E-state index contributed by atoms with van der Waals surface area (Å²) in [5, 5.41) is 9.97. The zero-order valence-corrected chi connectivity index (χ0v) is 18.0. The van der Waals surface area contributed by atoms with E-state index < -0.39 is 0 Å². The molecule has 2 aromatic rings. The van der Waals surface area contributed by atoms with Crippen LogP contribution in [0.5, 0.6) is 0 Å². The fourth-order valence-electron chi connectivity index (χ4n) is 4.81. The van der Waals surface area contributed by atoms with E-state index in [4.69, 9.17) is 4.98 Å². The quantitative estimate of drug-likeness (QED) is 0.566. The van der Waals surface area contributed by atoms with Crippen LogP contribution in [0.4, 0.5) is 4.39 Å². The van der Waals surface area contributed by atoms with Crippen molar-refractivity contribution in [3.8, 4) is 0 Å². The van der Waals surface area contributed by atoms with Crippen molar-refractivity contribution in [3.63, 3.8) is 0 Å².